The summed E-state index contributed by atoms with van der Waals surface area (Å²) in [6.07, 6.45) is 3.43. The number of rotatable bonds is 0. The molecular weight excluding hydrogens is 484 g/mol. The third-order valence-electron chi connectivity index (χ3n) is 7.51. The van der Waals surface area contributed by atoms with E-state index in [1.54, 1.807) is 0 Å². The van der Waals surface area contributed by atoms with Crippen LogP contribution < -0.4 is 31.9 Å². The predicted octanol–water partition coefficient (Wildman–Crippen LogP) is 2.37. The molecule has 2 aromatic carbocycles. The first kappa shape index (κ1) is 29.8. The van der Waals surface area contributed by atoms with Gasteiger partial charge >= 0.3 is 0 Å². The van der Waals surface area contributed by atoms with Crippen LogP contribution in [0.5, 0.6) is 0 Å². The molecule has 39 heavy (non-hydrogen) atoms. The normalized spacial score (nSPS) is 24.0. The van der Waals surface area contributed by atoms with E-state index in [-0.39, 0.29) is 0 Å². The fourth-order valence-corrected chi connectivity index (χ4v) is 5.29. The molecule has 1 saturated heterocycles. The Kier molecular flexibility index (Phi) is 13.9. The van der Waals surface area contributed by atoms with Crippen molar-refractivity contribution in [3.8, 4) is 0 Å². The molecular formula is C31H52N8. The van der Waals surface area contributed by atoms with E-state index in [9.17, 15) is 0 Å². The average Bonchev–Trinajstić information content (AvgIpc) is 2.94. The zero-order chi connectivity index (χ0) is 26.8. The molecule has 3 aliphatic rings. The minimum Gasteiger partial charge on any atom is -0.385 e. The molecule has 0 saturated carbocycles. The number of hydrogen-bond acceptors (Lipinski definition) is 8. The summed E-state index contributed by atoms with van der Waals surface area (Å²) >= 11 is 0. The maximum Gasteiger partial charge on any atom is 0.0343 e. The maximum absolute atomic E-state index is 3.71. The van der Waals surface area contributed by atoms with Gasteiger partial charge in [-0.15, -0.1) is 0 Å². The van der Waals surface area contributed by atoms with E-state index in [1.165, 1.54) is 28.9 Å². The minimum absolute atomic E-state index is 0.991. The highest BCUT2D eigenvalue weighted by Crippen LogP contribution is 2.14. The zero-order valence-corrected chi connectivity index (χ0v) is 23.9. The summed E-state index contributed by atoms with van der Waals surface area (Å²) in [5.41, 5.74) is 5.23. The summed E-state index contributed by atoms with van der Waals surface area (Å²) in [6, 6.07) is 17.9. The third kappa shape index (κ3) is 12.2. The SMILES string of the molecule is c1cc2cc(c1)NCCCNCCCNCCCNc1cccc(c1)CN1CCNCCN(CCNCC1)C2. The first-order chi connectivity index (χ1) is 19.3. The van der Waals surface area contributed by atoms with Crippen LogP contribution in [0.2, 0.25) is 0 Å². The van der Waals surface area contributed by atoms with E-state index >= 15 is 0 Å². The van der Waals surface area contributed by atoms with Gasteiger partial charge in [-0.1, -0.05) is 24.3 Å². The third-order valence-corrected chi connectivity index (χ3v) is 7.51. The summed E-state index contributed by atoms with van der Waals surface area (Å²) in [5, 5.41) is 21.8. The monoisotopic (exact) mass is 536 g/mol. The van der Waals surface area contributed by atoms with Gasteiger partial charge in [0.15, 0.2) is 0 Å². The van der Waals surface area contributed by atoms with Gasteiger partial charge in [-0.2, -0.15) is 0 Å². The lowest BCUT2D eigenvalue weighted by Gasteiger charge is -2.27. The van der Waals surface area contributed by atoms with E-state index in [4.69, 9.17) is 0 Å². The molecule has 0 unspecified atom stereocenters. The van der Waals surface area contributed by atoms with Gasteiger partial charge in [0.1, 0.15) is 0 Å². The standard InChI is InChI=1S/C31H52N8/c1-6-28-24-30(8-1)36-14-4-12-32-10-3-11-33-13-5-15-37-31-9-2-7-29(25-31)27-39-22-18-34-16-20-38(26-28)21-17-35-19-23-39/h1-2,6-9,24-25,32-37H,3-5,10-23,26-27H2. The van der Waals surface area contributed by atoms with Crippen LogP contribution in [0, 0.1) is 0 Å². The van der Waals surface area contributed by atoms with Crippen molar-refractivity contribution in [2.24, 2.45) is 0 Å². The van der Waals surface area contributed by atoms with Crippen LogP contribution in [-0.2, 0) is 13.1 Å². The summed E-state index contributed by atoms with van der Waals surface area (Å²) in [7, 11) is 0. The van der Waals surface area contributed by atoms with E-state index in [1.807, 2.05) is 0 Å². The van der Waals surface area contributed by atoms with Gasteiger partial charge in [0.05, 0.1) is 0 Å². The van der Waals surface area contributed by atoms with Crippen LogP contribution >= 0.6 is 0 Å². The molecule has 0 radical (unpaired) electrons. The molecule has 0 aliphatic carbocycles. The van der Waals surface area contributed by atoms with E-state index in [0.29, 0.717) is 0 Å². The smallest absolute Gasteiger partial charge is 0.0343 e. The summed E-state index contributed by atoms with van der Waals surface area (Å²) in [6.45, 7) is 16.6. The van der Waals surface area contributed by atoms with E-state index < -0.39 is 0 Å². The summed E-state index contributed by atoms with van der Waals surface area (Å²) in [5.74, 6) is 0. The molecule has 8 heteroatoms. The second-order valence-corrected chi connectivity index (χ2v) is 10.9. The van der Waals surface area contributed by atoms with Gasteiger partial charge in [-0.25, -0.2) is 0 Å². The largest absolute Gasteiger partial charge is 0.385 e. The summed E-state index contributed by atoms with van der Waals surface area (Å²) in [4.78, 5) is 5.15. The zero-order valence-electron chi connectivity index (χ0n) is 23.9. The molecule has 216 valence electrons. The van der Waals surface area contributed by atoms with Crippen LogP contribution in [0.15, 0.2) is 48.5 Å². The molecule has 6 bridgehead atoms. The molecule has 0 amide bonds. The lowest BCUT2D eigenvalue weighted by molar-refractivity contribution is 0.233. The van der Waals surface area contributed by atoms with Crippen LogP contribution in [0.4, 0.5) is 11.4 Å². The van der Waals surface area contributed by atoms with Crippen molar-refractivity contribution in [1.82, 2.24) is 31.1 Å². The Morgan fingerprint density at radius 3 is 1.26 bits per heavy atom. The van der Waals surface area contributed by atoms with E-state index in [0.717, 1.165) is 118 Å². The molecule has 0 aromatic heterocycles. The number of anilines is 2. The van der Waals surface area contributed by atoms with Gasteiger partial charge in [-0.3, -0.25) is 9.80 Å². The molecule has 5 rings (SSSR count). The highest BCUT2D eigenvalue weighted by atomic mass is 15.2. The fraction of sp³-hybridized carbons (Fsp3) is 0.613. The van der Waals surface area contributed by atoms with Crippen molar-refractivity contribution < 1.29 is 0 Å². The molecule has 0 spiro atoms. The molecule has 2 aromatic rings. The van der Waals surface area contributed by atoms with Crippen molar-refractivity contribution in [3.05, 3.63) is 59.7 Å². The van der Waals surface area contributed by atoms with Gasteiger partial charge < -0.3 is 31.9 Å². The highest BCUT2D eigenvalue weighted by molar-refractivity contribution is 5.46. The first-order valence-corrected chi connectivity index (χ1v) is 15.3. The lowest BCUT2D eigenvalue weighted by atomic mass is 10.1. The van der Waals surface area contributed by atoms with Crippen LogP contribution in [0.1, 0.15) is 30.4 Å². The quantitative estimate of drug-likeness (QED) is 0.307. The maximum atomic E-state index is 3.71. The van der Waals surface area contributed by atoms with Crippen molar-refractivity contribution in [2.75, 3.05) is 102 Å². The Morgan fingerprint density at radius 2 is 0.821 bits per heavy atom. The Balaban J connectivity index is 1.34. The average molecular weight is 537 g/mol. The van der Waals surface area contributed by atoms with Crippen molar-refractivity contribution in [3.63, 3.8) is 0 Å². The Labute approximate surface area is 236 Å². The van der Waals surface area contributed by atoms with Crippen LogP contribution in [0.3, 0.4) is 0 Å². The lowest BCUT2D eigenvalue weighted by Crippen LogP contribution is -2.42. The number of hydrogen-bond donors (Lipinski definition) is 6. The summed E-state index contributed by atoms with van der Waals surface area (Å²) < 4.78 is 0. The molecule has 8 nitrogen and oxygen atoms in total. The van der Waals surface area contributed by atoms with Gasteiger partial charge in [-0.05, 0) is 80.8 Å². The van der Waals surface area contributed by atoms with E-state index in [2.05, 4.69) is 90.2 Å². The fourth-order valence-electron chi connectivity index (χ4n) is 5.29. The molecule has 6 N–H and O–H groups in total. The predicted molar refractivity (Wildman–Crippen MR) is 166 cm³/mol. The highest BCUT2D eigenvalue weighted by Gasteiger charge is 2.11. The Bertz CT molecular complexity index is 837. The second-order valence-electron chi connectivity index (χ2n) is 10.9. The second kappa shape index (κ2) is 18.2. The first-order valence-electron chi connectivity index (χ1n) is 15.3. The topological polar surface area (TPSA) is 78.7 Å². The van der Waals surface area contributed by atoms with Crippen LogP contribution in [-0.4, -0.2) is 101 Å². The molecule has 1 fully saturated rings. The molecule has 0 atom stereocenters. The minimum atomic E-state index is 0.991. The Morgan fingerprint density at radius 1 is 0.436 bits per heavy atom. The van der Waals surface area contributed by atoms with Gasteiger partial charge in [0, 0.05) is 89.9 Å². The van der Waals surface area contributed by atoms with Gasteiger partial charge in [0.2, 0.25) is 0 Å². The number of nitrogens with zero attached hydrogens (tertiary/aromatic N) is 2. The molecule has 3 aliphatic heterocycles. The number of nitrogens with one attached hydrogen (secondary N) is 6. The number of benzene rings is 2. The van der Waals surface area contributed by atoms with Crippen molar-refractivity contribution in [1.29, 1.82) is 0 Å². The number of fused-ring (bicyclic) bond motifs is 20. The Hall–Kier alpha value is -2.20. The molecule has 3 heterocycles. The van der Waals surface area contributed by atoms with Crippen LogP contribution in [0.25, 0.3) is 0 Å². The van der Waals surface area contributed by atoms with Crippen molar-refractivity contribution in [2.45, 2.75) is 32.4 Å². The van der Waals surface area contributed by atoms with Crippen molar-refractivity contribution >= 4 is 11.4 Å². The van der Waals surface area contributed by atoms with Gasteiger partial charge in [0.25, 0.3) is 0 Å².